The summed E-state index contributed by atoms with van der Waals surface area (Å²) in [7, 11) is 0. The summed E-state index contributed by atoms with van der Waals surface area (Å²) in [4.78, 5) is 12.2. The Labute approximate surface area is 99.9 Å². The van der Waals surface area contributed by atoms with Gasteiger partial charge in [-0.1, -0.05) is 25.1 Å². The van der Waals surface area contributed by atoms with Crippen molar-refractivity contribution >= 4 is 6.09 Å². The minimum atomic E-state index is -1.10. The van der Waals surface area contributed by atoms with E-state index in [0.29, 0.717) is 12.0 Å². The number of aromatic hydroxyl groups is 1. The largest absolute Gasteiger partial charge is 0.508 e. The number of amides is 1. The SMILES string of the molecule is CCC(CO)N(Cc1ccccc1O)C(=O)O. The van der Waals surface area contributed by atoms with Crippen molar-refractivity contribution in [3.8, 4) is 5.75 Å². The van der Waals surface area contributed by atoms with Crippen molar-refractivity contribution in [3.05, 3.63) is 29.8 Å². The molecule has 0 aliphatic heterocycles. The second kappa shape index (κ2) is 6.10. The Bertz CT molecular complexity index is 377. The first kappa shape index (κ1) is 13.3. The lowest BCUT2D eigenvalue weighted by molar-refractivity contribution is 0.0912. The predicted octanol–water partition coefficient (Wildman–Crippen LogP) is 1.64. The van der Waals surface area contributed by atoms with E-state index in [-0.39, 0.29) is 18.9 Å². The van der Waals surface area contributed by atoms with Gasteiger partial charge < -0.3 is 15.3 Å². The molecule has 1 atom stereocenters. The number of nitrogens with zero attached hydrogens (tertiary/aromatic N) is 1. The van der Waals surface area contributed by atoms with Gasteiger partial charge in [0.25, 0.3) is 0 Å². The predicted molar refractivity (Wildman–Crippen MR) is 62.8 cm³/mol. The van der Waals surface area contributed by atoms with E-state index in [0.717, 1.165) is 4.90 Å². The van der Waals surface area contributed by atoms with E-state index in [1.54, 1.807) is 18.2 Å². The van der Waals surface area contributed by atoms with Crippen molar-refractivity contribution in [2.24, 2.45) is 0 Å². The van der Waals surface area contributed by atoms with Crippen molar-refractivity contribution in [1.29, 1.82) is 0 Å². The number of phenolic OH excluding ortho intramolecular Hbond substituents is 1. The normalized spacial score (nSPS) is 12.1. The first-order valence-electron chi connectivity index (χ1n) is 5.47. The van der Waals surface area contributed by atoms with Crippen LogP contribution in [0.15, 0.2) is 24.3 Å². The molecule has 1 amide bonds. The van der Waals surface area contributed by atoms with Crippen LogP contribution in [0.1, 0.15) is 18.9 Å². The van der Waals surface area contributed by atoms with Gasteiger partial charge in [-0.05, 0) is 12.5 Å². The van der Waals surface area contributed by atoms with Crippen LogP contribution in [-0.2, 0) is 6.54 Å². The van der Waals surface area contributed by atoms with Crippen molar-refractivity contribution in [3.63, 3.8) is 0 Å². The van der Waals surface area contributed by atoms with Crippen molar-refractivity contribution < 1.29 is 20.1 Å². The summed E-state index contributed by atoms with van der Waals surface area (Å²) >= 11 is 0. The number of carbonyl (C=O) groups is 1. The van der Waals surface area contributed by atoms with Crippen LogP contribution in [0.3, 0.4) is 0 Å². The summed E-state index contributed by atoms with van der Waals surface area (Å²) in [6.45, 7) is 1.65. The number of para-hydroxylation sites is 1. The molecule has 0 fully saturated rings. The monoisotopic (exact) mass is 239 g/mol. The topological polar surface area (TPSA) is 81.0 Å². The molecule has 3 N–H and O–H groups in total. The molecule has 0 saturated carbocycles. The van der Waals surface area contributed by atoms with Crippen LogP contribution in [0.2, 0.25) is 0 Å². The van der Waals surface area contributed by atoms with Crippen LogP contribution in [0.5, 0.6) is 5.75 Å². The fourth-order valence-electron chi connectivity index (χ4n) is 1.63. The molecule has 0 radical (unpaired) electrons. The summed E-state index contributed by atoms with van der Waals surface area (Å²) in [6, 6.07) is 6.12. The third-order valence-electron chi connectivity index (χ3n) is 2.70. The second-order valence-corrected chi connectivity index (χ2v) is 3.78. The van der Waals surface area contributed by atoms with Gasteiger partial charge in [0.05, 0.1) is 19.2 Å². The summed E-state index contributed by atoms with van der Waals surface area (Å²) < 4.78 is 0. The van der Waals surface area contributed by atoms with E-state index in [1.807, 2.05) is 6.92 Å². The van der Waals surface area contributed by atoms with Crippen LogP contribution in [0.4, 0.5) is 4.79 Å². The standard InChI is InChI=1S/C12H17NO4/c1-2-10(8-14)13(12(16)17)7-9-5-3-4-6-11(9)15/h3-6,10,14-15H,2,7-8H2,1H3,(H,16,17). The van der Waals surface area contributed by atoms with Crippen LogP contribution in [-0.4, -0.2) is 39.0 Å². The molecule has 0 bridgehead atoms. The number of hydrogen-bond acceptors (Lipinski definition) is 3. The Morgan fingerprint density at radius 3 is 2.53 bits per heavy atom. The van der Waals surface area contributed by atoms with E-state index < -0.39 is 12.1 Å². The molecule has 17 heavy (non-hydrogen) atoms. The zero-order chi connectivity index (χ0) is 12.8. The Morgan fingerprint density at radius 1 is 1.41 bits per heavy atom. The van der Waals surface area contributed by atoms with E-state index >= 15 is 0 Å². The lowest BCUT2D eigenvalue weighted by atomic mass is 10.1. The van der Waals surface area contributed by atoms with Gasteiger partial charge in [-0.2, -0.15) is 0 Å². The zero-order valence-electron chi connectivity index (χ0n) is 9.71. The Kier molecular flexibility index (Phi) is 4.78. The molecule has 94 valence electrons. The number of phenols is 1. The van der Waals surface area contributed by atoms with Gasteiger partial charge >= 0.3 is 6.09 Å². The maximum Gasteiger partial charge on any atom is 0.407 e. The highest BCUT2D eigenvalue weighted by molar-refractivity contribution is 5.65. The molecule has 1 aromatic carbocycles. The molecule has 1 aromatic rings. The molecular weight excluding hydrogens is 222 g/mol. The van der Waals surface area contributed by atoms with Gasteiger partial charge in [0.1, 0.15) is 5.75 Å². The quantitative estimate of drug-likeness (QED) is 0.729. The van der Waals surface area contributed by atoms with E-state index in [9.17, 15) is 9.90 Å². The third-order valence-corrected chi connectivity index (χ3v) is 2.70. The molecule has 0 heterocycles. The third kappa shape index (κ3) is 3.35. The van der Waals surface area contributed by atoms with Crippen LogP contribution in [0.25, 0.3) is 0 Å². The second-order valence-electron chi connectivity index (χ2n) is 3.78. The average Bonchev–Trinajstić information content (AvgIpc) is 2.31. The lowest BCUT2D eigenvalue weighted by Gasteiger charge is -2.27. The highest BCUT2D eigenvalue weighted by Gasteiger charge is 2.22. The Balaban J connectivity index is 2.87. The Hall–Kier alpha value is -1.75. The van der Waals surface area contributed by atoms with Gasteiger partial charge in [0.15, 0.2) is 0 Å². The molecule has 1 unspecified atom stereocenters. The van der Waals surface area contributed by atoms with E-state index in [1.165, 1.54) is 6.07 Å². The maximum atomic E-state index is 11.1. The van der Waals surface area contributed by atoms with Crippen LogP contribution < -0.4 is 0 Å². The average molecular weight is 239 g/mol. The molecule has 0 aromatic heterocycles. The fourth-order valence-corrected chi connectivity index (χ4v) is 1.63. The van der Waals surface area contributed by atoms with Gasteiger partial charge in [0, 0.05) is 5.56 Å². The maximum absolute atomic E-state index is 11.1. The number of carboxylic acid groups (broad SMARTS) is 1. The number of aliphatic hydroxyl groups is 1. The summed E-state index contributed by atoms with van der Waals surface area (Å²) in [6.07, 6.45) is -0.578. The van der Waals surface area contributed by atoms with Crippen LogP contribution >= 0.6 is 0 Å². The minimum absolute atomic E-state index is 0.0616. The molecule has 0 aliphatic carbocycles. The fraction of sp³-hybridized carbons (Fsp3) is 0.417. The molecular formula is C12H17NO4. The lowest BCUT2D eigenvalue weighted by Crippen LogP contribution is -2.40. The highest BCUT2D eigenvalue weighted by Crippen LogP contribution is 2.19. The zero-order valence-corrected chi connectivity index (χ0v) is 9.71. The minimum Gasteiger partial charge on any atom is -0.508 e. The summed E-state index contributed by atoms with van der Waals surface area (Å²) in [5.74, 6) is 0.0616. The van der Waals surface area contributed by atoms with E-state index in [4.69, 9.17) is 10.2 Å². The summed E-state index contributed by atoms with van der Waals surface area (Å²) in [5.41, 5.74) is 0.529. The van der Waals surface area contributed by atoms with Gasteiger partial charge in [-0.25, -0.2) is 4.79 Å². The first-order valence-corrected chi connectivity index (χ1v) is 5.47. The van der Waals surface area contributed by atoms with Gasteiger partial charge in [-0.15, -0.1) is 0 Å². The molecule has 5 heteroatoms. The number of rotatable bonds is 5. The molecule has 0 spiro atoms. The number of hydrogen-bond donors (Lipinski definition) is 3. The van der Waals surface area contributed by atoms with Gasteiger partial charge in [0.2, 0.25) is 0 Å². The van der Waals surface area contributed by atoms with Crippen molar-refractivity contribution in [2.45, 2.75) is 25.9 Å². The number of aliphatic hydroxyl groups excluding tert-OH is 1. The summed E-state index contributed by atoms with van der Waals surface area (Å²) in [5, 5.41) is 27.8. The highest BCUT2D eigenvalue weighted by atomic mass is 16.4. The Morgan fingerprint density at radius 2 is 2.06 bits per heavy atom. The van der Waals surface area contributed by atoms with Gasteiger partial charge in [-0.3, -0.25) is 4.90 Å². The van der Waals surface area contributed by atoms with Crippen LogP contribution in [0, 0.1) is 0 Å². The smallest absolute Gasteiger partial charge is 0.407 e. The van der Waals surface area contributed by atoms with Crippen molar-refractivity contribution in [1.82, 2.24) is 4.90 Å². The number of benzene rings is 1. The molecule has 1 rings (SSSR count). The molecule has 0 aliphatic rings. The molecule has 0 saturated heterocycles. The first-order chi connectivity index (χ1) is 8.10. The van der Waals surface area contributed by atoms with Crippen molar-refractivity contribution in [2.75, 3.05) is 6.61 Å². The molecule has 5 nitrogen and oxygen atoms in total. The van der Waals surface area contributed by atoms with E-state index in [2.05, 4.69) is 0 Å².